The third kappa shape index (κ3) is 4.06. The third-order valence-electron chi connectivity index (χ3n) is 3.89. The molecule has 0 aliphatic rings. The number of benzene rings is 2. The number of fused-ring (bicyclic) bond motifs is 1. The van der Waals surface area contributed by atoms with Crippen LogP contribution in [0.2, 0.25) is 0 Å². The molecular formula is C19H18N4S3. The number of nitrogens with one attached hydrogen (secondary N) is 1. The minimum absolute atomic E-state index is 0.538. The molecular weight excluding hydrogens is 380 g/mol. The first-order valence-corrected chi connectivity index (χ1v) is 11.0. The molecule has 132 valence electrons. The van der Waals surface area contributed by atoms with Crippen molar-refractivity contribution in [1.82, 2.24) is 15.2 Å². The minimum atomic E-state index is 0.538. The molecule has 0 saturated carbocycles. The lowest BCUT2D eigenvalue weighted by Crippen LogP contribution is -1.91. The second kappa shape index (κ2) is 7.73. The molecule has 26 heavy (non-hydrogen) atoms. The Balaban J connectivity index is 1.38. The number of anilines is 2. The normalized spacial score (nSPS) is 11.3. The highest BCUT2D eigenvalue weighted by molar-refractivity contribution is 8.00. The number of aromatic nitrogens is 3. The molecule has 0 spiro atoms. The van der Waals surface area contributed by atoms with Crippen molar-refractivity contribution < 1.29 is 0 Å². The summed E-state index contributed by atoms with van der Waals surface area (Å²) in [7, 11) is 0. The number of para-hydroxylation sites is 1. The van der Waals surface area contributed by atoms with Gasteiger partial charge in [-0.15, -0.1) is 21.5 Å². The fourth-order valence-corrected chi connectivity index (χ4v) is 5.23. The van der Waals surface area contributed by atoms with E-state index in [4.69, 9.17) is 0 Å². The second-order valence-electron chi connectivity index (χ2n) is 6.14. The van der Waals surface area contributed by atoms with Crippen molar-refractivity contribution in [2.45, 2.75) is 29.9 Å². The van der Waals surface area contributed by atoms with Gasteiger partial charge in [0, 0.05) is 5.69 Å². The van der Waals surface area contributed by atoms with Crippen LogP contribution in [0, 0.1) is 0 Å². The Morgan fingerprint density at radius 2 is 1.81 bits per heavy atom. The fourth-order valence-electron chi connectivity index (χ4n) is 2.50. The first kappa shape index (κ1) is 17.5. The second-order valence-corrected chi connectivity index (χ2v) is 9.45. The summed E-state index contributed by atoms with van der Waals surface area (Å²) in [5, 5.41) is 13.8. The monoisotopic (exact) mass is 398 g/mol. The first-order valence-electron chi connectivity index (χ1n) is 8.35. The number of thioether (sulfide) groups is 1. The van der Waals surface area contributed by atoms with Crippen LogP contribution in [0.3, 0.4) is 0 Å². The van der Waals surface area contributed by atoms with E-state index in [1.807, 2.05) is 12.1 Å². The molecule has 0 aliphatic heterocycles. The molecule has 0 unspecified atom stereocenters. The van der Waals surface area contributed by atoms with Crippen molar-refractivity contribution in [2.75, 3.05) is 5.32 Å². The van der Waals surface area contributed by atoms with Gasteiger partial charge in [-0.1, -0.05) is 61.2 Å². The number of hydrogen-bond donors (Lipinski definition) is 1. The first-order chi connectivity index (χ1) is 12.7. The Kier molecular flexibility index (Phi) is 5.19. The maximum Gasteiger partial charge on any atom is 0.210 e. The Hall–Kier alpha value is -1.96. The highest BCUT2D eigenvalue weighted by Crippen LogP contribution is 2.32. The van der Waals surface area contributed by atoms with Crippen molar-refractivity contribution >= 4 is 55.5 Å². The van der Waals surface area contributed by atoms with Gasteiger partial charge in [-0.25, -0.2) is 4.98 Å². The Bertz CT molecular complexity index is 972. The molecule has 2 heterocycles. The molecule has 0 fully saturated rings. The van der Waals surface area contributed by atoms with E-state index < -0.39 is 0 Å². The van der Waals surface area contributed by atoms with E-state index in [1.165, 1.54) is 10.3 Å². The highest BCUT2D eigenvalue weighted by Gasteiger charge is 2.09. The predicted molar refractivity (Wildman–Crippen MR) is 113 cm³/mol. The largest absolute Gasteiger partial charge is 0.330 e. The van der Waals surface area contributed by atoms with E-state index in [0.29, 0.717) is 5.92 Å². The summed E-state index contributed by atoms with van der Waals surface area (Å²) in [5.41, 5.74) is 3.44. The topological polar surface area (TPSA) is 50.7 Å². The lowest BCUT2D eigenvalue weighted by molar-refractivity contribution is 0.867. The van der Waals surface area contributed by atoms with Crippen molar-refractivity contribution in [3.63, 3.8) is 0 Å². The molecule has 7 heteroatoms. The quantitative estimate of drug-likeness (QED) is 0.386. The molecule has 0 amide bonds. The Labute approximate surface area is 164 Å². The molecule has 0 aliphatic carbocycles. The zero-order valence-electron chi connectivity index (χ0n) is 14.5. The standard InChI is InChI=1S/C19H18N4S3/c1-12(2)13-7-9-14(10-8-13)20-18-22-23-19(26-18)24-11-17-21-15-5-3-4-6-16(15)25-17/h3-10,12H,11H2,1-2H3,(H,20,22). The van der Waals surface area contributed by atoms with E-state index in [-0.39, 0.29) is 0 Å². The van der Waals surface area contributed by atoms with Crippen molar-refractivity contribution in [2.24, 2.45) is 0 Å². The van der Waals surface area contributed by atoms with Gasteiger partial charge in [0.15, 0.2) is 4.34 Å². The molecule has 4 nitrogen and oxygen atoms in total. The summed E-state index contributed by atoms with van der Waals surface area (Å²) in [6, 6.07) is 16.7. The van der Waals surface area contributed by atoms with Gasteiger partial charge in [0.1, 0.15) is 5.01 Å². The van der Waals surface area contributed by atoms with Gasteiger partial charge in [-0.05, 0) is 35.7 Å². The molecule has 2 aromatic carbocycles. The minimum Gasteiger partial charge on any atom is -0.330 e. The molecule has 4 rings (SSSR count). The SMILES string of the molecule is CC(C)c1ccc(Nc2nnc(SCc3nc4ccccc4s3)s2)cc1. The van der Waals surface area contributed by atoms with Crippen LogP contribution >= 0.6 is 34.4 Å². The molecule has 1 N–H and O–H groups in total. The maximum atomic E-state index is 4.66. The van der Waals surface area contributed by atoms with Crippen LogP contribution in [-0.2, 0) is 5.75 Å². The number of nitrogens with zero attached hydrogens (tertiary/aromatic N) is 3. The molecule has 4 aromatic rings. The van der Waals surface area contributed by atoms with Gasteiger partial charge >= 0.3 is 0 Å². The molecule has 2 aromatic heterocycles. The lowest BCUT2D eigenvalue weighted by atomic mass is 10.0. The van der Waals surface area contributed by atoms with Gasteiger partial charge in [-0.2, -0.15) is 0 Å². The summed E-state index contributed by atoms with van der Waals surface area (Å²) in [5.74, 6) is 1.35. The highest BCUT2D eigenvalue weighted by atomic mass is 32.2. The van der Waals surface area contributed by atoms with Gasteiger partial charge in [0.25, 0.3) is 0 Å². The maximum absolute atomic E-state index is 4.66. The van der Waals surface area contributed by atoms with Gasteiger partial charge in [0.05, 0.1) is 16.0 Å². The van der Waals surface area contributed by atoms with E-state index in [2.05, 4.69) is 70.7 Å². The summed E-state index contributed by atoms with van der Waals surface area (Å²) < 4.78 is 2.18. The van der Waals surface area contributed by atoms with E-state index in [0.717, 1.165) is 31.4 Å². The summed E-state index contributed by atoms with van der Waals surface area (Å²) in [6.45, 7) is 4.39. The zero-order valence-corrected chi connectivity index (χ0v) is 16.9. The summed E-state index contributed by atoms with van der Waals surface area (Å²) >= 11 is 4.99. The summed E-state index contributed by atoms with van der Waals surface area (Å²) in [6.07, 6.45) is 0. The molecule has 0 bridgehead atoms. The smallest absolute Gasteiger partial charge is 0.210 e. The van der Waals surface area contributed by atoms with Crippen molar-refractivity contribution in [3.05, 3.63) is 59.1 Å². The molecule has 0 radical (unpaired) electrons. The van der Waals surface area contributed by atoms with Gasteiger partial charge < -0.3 is 5.32 Å². The Morgan fingerprint density at radius 3 is 2.58 bits per heavy atom. The number of rotatable bonds is 6. The lowest BCUT2D eigenvalue weighted by Gasteiger charge is -2.06. The Morgan fingerprint density at radius 1 is 1.00 bits per heavy atom. The van der Waals surface area contributed by atoms with Gasteiger partial charge in [-0.3, -0.25) is 0 Å². The average Bonchev–Trinajstić information content (AvgIpc) is 3.26. The zero-order chi connectivity index (χ0) is 17.9. The van der Waals surface area contributed by atoms with Crippen LogP contribution < -0.4 is 5.32 Å². The number of thiazole rings is 1. The molecule has 0 atom stereocenters. The third-order valence-corrected chi connectivity index (χ3v) is 7.09. The van der Waals surface area contributed by atoms with Crippen LogP contribution in [0.15, 0.2) is 52.9 Å². The average molecular weight is 399 g/mol. The van der Waals surface area contributed by atoms with Crippen LogP contribution in [0.25, 0.3) is 10.2 Å². The molecule has 0 saturated heterocycles. The number of hydrogen-bond acceptors (Lipinski definition) is 7. The van der Waals surface area contributed by atoms with Gasteiger partial charge in [0.2, 0.25) is 5.13 Å². The fraction of sp³-hybridized carbons (Fsp3) is 0.211. The van der Waals surface area contributed by atoms with Crippen molar-refractivity contribution in [3.8, 4) is 0 Å². The van der Waals surface area contributed by atoms with E-state index in [9.17, 15) is 0 Å². The van der Waals surface area contributed by atoms with E-state index in [1.54, 1.807) is 34.4 Å². The summed E-state index contributed by atoms with van der Waals surface area (Å²) in [4.78, 5) is 4.66. The van der Waals surface area contributed by atoms with Crippen LogP contribution in [0.1, 0.15) is 30.3 Å². The van der Waals surface area contributed by atoms with E-state index >= 15 is 0 Å². The van der Waals surface area contributed by atoms with Crippen LogP contribution in [0.5, 0.6) is 0 Å². The van der Waals surface area contributed by atoms with Crippen molar-refractivity contribution in [1.29, 1.82) is 0 Å². The van der Waals surface area contributed by atoms with Crippen LogP contribution in [-0.4, -0.2) is 15.2 Å². The predicted octanol–water partition coefficient (Wildman–Crippen LogP) is 6.31. The van der Waals surface area contributed by atoms with Crippen LogP contribution in [0.4, 0.5) is 10.8 Å².